The number of nitrogens with one attached hydrogen (secondary N) is 1. The van der Waals surface area contributed by atoms with Gasteiger partial charge in [0.15, 0.2) is 0 Å². The average Bonchev–Trinajstić information content (AvgIpc) is 2.46. The normalized spacial score (nSPS) is 12.8. The van der Waals surface area contributed by atoms with E-state index in [9.17, 15) is 0 Å². The molecule has 0 amide bonds. The molecule has 120 valence electrons. The van der Waals surface area contributed by atoms with Crippen LogP contribution >= 0.6 is 11.6 Å². The summed E-state index contributed by atoms with van der Waals surface area (Å²) >= 11 is 6.27. The molecular weight excluding hydrogens is 286 g/mol. The molecule has 0 radical (unpaired) electrons. The van der Waals surface area contributed by atoms with Gasteiger partial charge in [-0.2, -0.15) is 0 Å². The van der Waals surface area contributed by atoms with Crippen molar-refractivity contribution >= 4 is 11.6 Å². The molecule has 4 heteroatoms. The summed E-state index contributed by atoms with van der Waals surface area (Å²) in [6, 6.07) is 8.58. The van der Waals surface area contributed by atoms with Crippen LogP contribution in [0.2, 0.25) is 5.02 Å². The van der Waals surface area contributed by atoms with Crippen LogP contribution in [0.3, 0.4) is 0 Å². The molecule has 0 aliphatic rings. The minimum absolute atomic E-state index is 0.494. The van der Waals surface area contributed by atoms with Crippen LogP contribution < -0.4 is 5.32 Å². The summed E-state index contributed by atoms with van der Waals surface area (Å²) < 4.78 is 10.6. The highest BCUT2D eigenvalue weighted by atomic mass is 35.5. The van der Waals surface area contributed by atoms with Crippen molar-refractivity contribution in [1.29, 1.82) is 0 Å². The van der Waals surface area contributed by atoms with Crippen LogP contribution in [0.4, 0.5) is 0 Å². The van der Waals surface area contributed by atoms with Crippen LogP contribution in [0.5, 0.6) is 0 Å². The number of benzene rings is 1. The van der Waals surface area contributed by atoms with E-state index in [4.69, 9.17) is 21.1 Å². The number of hydrogen-bond donors (Lipinski definition) is 1. The molecule has 0 saturated heterocycles. The molecule has 0 saturated carbocycles. The lowest BCUT2D eigenvalue weighted by Gasteiger charge is -2.20. The maximum Gasteiger partial charge on any atom is 0.0700 e. The Bertz CT molecular complexity index is 385. The Balaban J connectivity index is 2.45. The average molecular weight is 314 g/mol. The quantitative estimate of drug-likeness (QED) is 0.634. The smallest absolute Gasteiger partial charge is 0.0700 e. The maximum atomic E-state index is 6.27. The molecule has 0 aromatic heterocycles. The van der Waals surface area contributed by atoms with Gasteiger partial charge in [0, 0.05) is 24.8 Å². The van der Waals surface area contributed by atoms with Crippen LogP contribution in [-0.4, -0.2) is 39.5 Å². The van der Waals surface area contributed by atoms with Crippen molar-refractivity contribution in [3.63, 3.8) is 0 Å². The zero-order chi connectivity index (χ0) is 15.5. The summed E-state index contributed by atoms with van der Waals surface area (Å²) in [6.07, 6.45) is 2.00. The van der Waals surface area contributed by atoms with Crippen molar-refractivity contribution in [2.75, 3.05) is 33.5 Å². The second-order valence-corrected chi connectivity index (χ2v) is 6.03. The molecule has 0 aliphatic carbocycles. The van der Waals surface area contributed by atoms with E-state index in [0.29, 0.717) is 25.2 Å². The predicted molar refractivity (Wildman–Crippen MR) is 89.1 cm³/mol. The minimum Gasteiger partial charge on any atom is -0.382 e. The van der Waals surface area contributed by atoms with E-state index in [1.54, 1.807) is 7.11 Å². The van der Waals surface area contributed by atoms with Gasteiger partial charge in [-0.3, -0.25) is 0 Å². The fourth-order valence-electron chi connectivity index (χ4n) is 2.15. The van der Waals surface area contributed by atoms with Crippen molar-refractivity contribution in [2.45, 2.75) is 32.7 Å². The zero-order valence-electron chi connectivity index (χ0n) is 13.4. The number of ether oxygens (including phenoxy) is 2. The fourth-order valence-corrected chi connectivity index (χ4v) is 2.36. The SMILES string of the molecule is COCCOCCC(CNC(C)C)Cc1ccccc1Cl. The van der Waals surface area contributed by atoms with Crippen LogP contribution in [0.1, 0.15) is 25.8 Å². The van der Waals surface area contributed by atoms with E-state index >= 15 is 0 Å². The van der Waals surface area contributed by atoms with Crippen molar-refractivity contribution in [2.24, 2.45) is 5.92 Å². The lowest BCUT2D eigenvalue weighted by molar-refractivity contribution is 0.0635. The molecule has 1 unspecified atom stereocenters. The summed E-state index contributed by atoms with van der Waals surface area (Å²) in [5.74, 6) is 0.523. The molecule has 0 aliphatic heterocycles. The first-order valence-corrected chi connectivity index (χ1v) is 8.04. The number of rotatable bonds is 11. The van der Waals surface area contributed by atoms with E-state index in [1.165, 1.54) is 5.56 Å². The Labute approximate surface area is 134 Å². The van der Waals surface area contributed by atoms with E-state index in [2.05, 4.69) is 25.2 Å². The molecule has 0 bridgehead atoms. The Morgan fingerprint density at radius 3 is 2.57 bits per heavy atom. The molecule has 0 fully saturated rings. The van der Waals surface area contributed by atoms with Crippen LogP contribution in [-0.2, 0) is 15.9 Å². The topological polar surface area (TPSA) is 30.5 Å². The van der Waals surface area contributed by atoms with E-state index < -0.39 is 0 Å². The number of hydrogen-bond acceptors (Lipinski definition) is 3. The lowest BCUT2D eigenvalue weighted by Crippen LogP contribution is -2.30. The van der Waals surface area contributed by atoms with Gasteiger partial charge >= 0.3 is 0 Å². The number of methoxy groups -OCH3 is 1. The molecule has 0 heterocycles. The zero-order valence-corrected chi connectivity index (χ0v) is 14.2. The molecule has 0 spiro atoms. The summed E-state index contributed by atoms with van der Waals surface area (Å²) in [4.78, 5) is 0. The third-order valence-corrected chi connectivity index (χ3v) is 3.75. The summed E-state index contributed by atoms with van der Waals surface area (Å²) in [5, 5.41) is 4.37. The van der Waals surface area contributed by atoms with Crippen LogP contribution in [0, 0.1) is 5.92 Å². The fraction of sp³-hybridized carbons (Fsp3) is 0.647. The molecule has 1 aromatic rings. The van der Waals surface area contributed by atoms with Gasteiger partial charge in [0.25, 0.3) is 0 Å². The van der Waals surface area contributed by atoms with Gasteiger partial charge in [-0.05, 0) is 36.9 Å². The first-order chi connectivity index (χ1) is 10.1. The van der Waals surface area contributed by atoms with E-state index in [-0.39, 0.29) is 0 Å². The van der Waals surface area contributed by atoms with Gasteiger partial charge < -0.3 is 14.8 Å². The molecule has 1 aromatic carbocycles. The molecule has 21 heavy (non-hydrogen) atoms. The van der Waals surface area contributed by atoms with Crippen LogP contribution in [0.15, 0.2) is 24.3 Å². The molecule has 1 rings (SSSR count). The van der Waals surface area contributed by atoms with Crippen LogP contribution in [0.25, 0.3) is 0 Å². The minimum atomic E-state index is 0.494. The first-order valence-electron chi connectivity index (χ1n) is 7.67. The highest BCUT2D eigenvalue weighted by Gasteiger charge is 2.12. The second kappa shape index (κ2) is 11.0. The van der Waals surface area contributed by atoms with Crippen molar-refractivity contribution in [3.8, 4) is 0 Å². The highest BCUT2D eigenvalue weighted by Crippen LogP contribution is 2.20. The van der Waals surface area contributed by atoms with Gasteiger partial charge in [0.2, 0.25) is 0 Å². The number of halogens is 1. The Kier molecular flexibility index (Phi) is 9.68. The van der Waals surface area contributed by atoms with Gasteiger partial charge in [0.05, 0.1) is 13.2 Å². The standard InChI is InChI=1S/C17H28ClNO2/c1-14(2)19-13-15(8-9-21-11-10-20-3)12-16-6-4-5-7-17(16)18/h4-7,14-15,19H,8-13H2,1-3H3. The van der Waals surface area contributed by atoms with Gasteiger partial charge in [-0.1, -0.05) is 43.6 Å². The Hall–Kier alpha value is -0.610. The third kappa shape index (κ3) is 8.42. The molecular formula is C17H28ClNO2. The van der Waals surface area contributed by atoms with E-state index in [0.717, 1.165) is 31.0 Å². The van der Waals surface area contributed by atoms with Gasteiger partial charge in [-0.15, -0.1) is 0 Å². The summed E-state index contributed by atoms with van der Waals surface area (Å²) in [6.45, 7) is 7.39. The molecule has 1 N–H and O–H groups in total. The molecule has 3 nitrogen and oxygen atoms in total. The largest absolute Gasteiger partial charge is 0.382 e. The first kappa shape index (κ1) is 18.4. The van der Waals surface area contributed by atoms with Gasteiger partial charge in [-0.25, -0.2) is 0 Å². The monoisotopic (exact) mass is 313 g/mol. The Morgan fingerprint density at radius 2 is 1.90 bits per heavy atom. The second-order valence-electron chi connectivity index (χ2n) is 5.62. The van der Waals surface area contributed by atoms with E-state index in [1.807, 2.05) is 18.2 Å². The molecule has 1 atom stereocenters. The summed E-state index contributed by atoms with van der Waals surface area (Å²) in [5.41, 5.74) is 1.21. The highest BCUT2D eigenvalue weighted by molar-refractivity contribution is 6.31. The predicted octanol–water partition coefficient (Wildman–Crippen LogP) is 3.55. The third-order valence-electron chi connectivity index (χ3n) is 3.38. The summed E-state index contributed by atoms with van der Waals surface area (Å²) in [7, 11) is 1.69. The maximum absolute atomic E-state index is 6.27. The lowest BCUT2D eigenvalue weighted by atomic mass is 9.96. The van der Waals surface area contributed by atoms with Crippen molar-refractivity contribution in [1.82, 2.24) is 5.32 Å². The van der Waals surface area contributed by atoms with Crippen molar-refractivity contribution in [3.05, 3.63) is 34.9 Å². The van der Waals surface area contributed by atoms with Gasteiger partial charge in [0.1, 0.15) is 0 Å². The Morgan fingerprint density at radius 1 is 1.14 bits per heavy atom. The van der Waals surface area contributed by atoms with Crippen molar-refractivity contribution < 1.29 is 9.47 Å².